The van der Waals surface area contributed by atoms with Crippen molar-refractivity contribution in [3.05, 3.63) is 44.8 Å². The Morgan fingerprint density at radius 1 is 1.38 bits per heavy atom. The SMILES string of the molecule is Nc1ccc(F)cc1SCc1cc(Br)cs1. The van der Waals surface area contributed by atoms with Gasteiger partial charge in [0.25, 0.3) is 0 Å². The van der Waals surface area contributed by atoms with Crippen LogP contribution in [0.5, 0.6) is 0 Å². The number of hydrogen-bond donors (Lipinski definition) is 1. The zero-order chi connectivity index (χ0) is 11.5. The number of hydrogen-bond acceptors (Lipinski definition) is 3. The lowest BCUT2D eigenvalue weighted by Crippen LogP contribution is -1.89. The molecule has 2 rings (SSSR count). The molecule has 0 aliphatic rings. The molecule has 0 saturated carbocycles. The van der Waals surface area contributed by atoms with Crippen molar-refractivity contribution in [3.63, 3.8) is 0 Å². The molecule has 2 aromatic rings. The molecule has 1 nitrogen and oxygen atoms in total. The molecule has 5 heteroatoms. The van der Waals surface area contributed by atoms with Crippen LogP contribution in [0.3, 0.4) is 0 Å². The normalized spacial score (nSPS) is 10.6. The third kappa shape index (κ3) is 2.99. The molecule has 0 spiro atoms. The monoisotopic (exact) mass is 317 g/mol. The summed E-state index contributed by atoms with van der Waals surface area (Å²) in [5, 5.41) is 2.03. The fourth-order valence-corrected chi connectivity index (χ4v) is 3.71. The summed E-state index contributed by atoms with van der Waals surface area (Å²) in [7, 11) is 0. The van der Waals surface area contributed by atoms with Crippen molar-refractivity contribution in [2.24, 2.45) is 0 Å². The van der Waals surface area contributed by atoms with Gasteiger partial charge in [-0.05, 0) is 40.2 Å². The summed E-state index contributed by atoms with van der Waals surface area (Å²) >= 11 is 6.63. The molecule has 0 bridgehead atoms. The van der Waals surface area contributed by atoms with E-state index >= 15 is 0 Å². The predicted octanol–water partition coefficient (Wildman–Crippen LogP) is 4.52. The highest BCUT2D eigenvalue weighted by molar-refractivity contribution is 9.10. The average molecular weight is 318 g/mol. The maximum atomic E-state index is 13.0. The average Bonchev–Trinajstić information content (AvgIpc) is 2.66. The van der Waals surface area contributed by atoms with Crippen molar-refractivity contribution >= 4 is 44.7 Å². The van der Waals surface area contributed by atoms with Crippen molar-refractivity contribution in [3.8, 4) is 0 Å². The maximum absolute atomic E-state index is 13.0. The summed E-state index contributed by atoms with van der Waals surface area (Å²) in [6.45, 7) is 0. The Hall–Kier alpha value is -0.520. The van der Waals surface area contributed by atoms with E-state index in [1.54, 1.807) is 29.2 Å². The number of nitrogen functional groups attached to an aromatic ring is 1. The highest BCUT2D eigenvalue weighted by Gasteiger charge is 2.04. The van der Waals surface area contributed by atoms with E-state index in [1.807, 2.05) is 5.38 Å². The fourth-order valence-electron chi connectivity index (χ4n) is 1.21. The van der Waals surface area contributed by atoms with Crippen LogP contribution in [0.25, 0.3) is 0 Å². The van der Waals surface area contributed by atoms with Crippen molar-refractivity contribution in [1.82, 2.24) is 0 Å². The minimum Gasteiger partial charge on any atom is -0.398 e. The number of nitrogens with two attached hydrogens (primary N) is 1. The van der Waals surface area contributed by atoms with Gasteiger partial charge >= 0.3 is 0 Å². The van der Waals surface area contributed by atoms with Gasteiger partial charge in [0, 0.05) is 31.1 Å². The summed E-state index contributed by atoms with van der Waals surface area (Å²) in [6.07, 6.45) is 0. The lowest BCUT2D eigenvalue weighted by molar-refractivity contribution is 0.624. The summed E-state index contributed by atoms with van der Waals surface area (Å²) in [5.74, 6) is 0.563. The zero-order valence-electron chi connectivity index (χ0n) is 8.24. The molecule has 1 aromatic heterocycles. The number of thioether (sulfide) groups is 1. The topological polar surface area (TPSA) is 26.0 Å². The van der Waals surface area contributed by atoms with Crippen LogP contribution in [0.15, 0.2) is 39.0 Å². The molecule has 0 unspecified atom stereocenters. The smallest absolute Gasteiger partial charge is 0.124 e. The van der Waals surface area contributed by atoms with Gasteiger partial charge in [0.15, 0.2) is 0 Å². The first-order valence-corrected chi connectivity index (χ1v) is 7.22. The van der Waals surface area contributed by atoms with Crippen LogP contribution in [-0.2, 0) is 5.75 Å². The number of rotatable bonds is 3. The van der Waals surface area contributed by atoms with Crippen molar-refractivity contribution < 1.29 is 4.39 Å². The molecule has 16 heavy (non-hydrogen) atoms. The minimum atomic E-state index is -0.246. The van der Waals surface area contributed by atoms with Gasteiger partial charge < -0.3 is 5.73 Å². The zero-order valence-corrected chi connectivity index (χ0v) is 11.5. The van der Waals surface area contributed by atoms with Crippen molar-refractivity contribution in [2.75, 3.05) is 5.73 Å². The maximum Gasteiger partial charge on any atom is 0.124 e. The van der Waals surface area contributed by atoms with Crippen LogP contribution in [0.1, 0.15) is 4.88 Å². The molecule has 2 N–H and O–H groups in total. The number of halogens is 2. The second kappa shape index (κ2) is 5.21. The highest BCUT2D eigenvalue weighted by atomic mass is 79.9. The minimum absolute atomic E-state index is 0.246. The molecule has 1 aromatic carbocycles. The van der Waals surface area contributed by atoms with E-state index in [1.165, 1.54) is 17.0 Å². The van der Waals surface area contributed by atoms with E-state index in [0.29, 0.717) is 5.69 Å². The van der Waals surface area contributed by atoms with E-state index in [9.17, 15) is 4.39 Å². The number of thiophene rings is 1. The Morgan fingerprint density at radius 2 is 2.19 bits per heavy atom. The largest absolute Gasteiger partial charge is 0.398 e. The molecule has 0 aliphatic carbocycles. The molecule has 0 radical (unpaired) electrons. The number of benzene rings is 1. The summed E-state index contributed by atoms with van der Waals surface area (Å²) < 4.78 is 14.1. The molecule has 0 amide bonds. The van der Waals surface area contributed by atoms with Gasteiger partial charge in [-0.3, -0.25) is 0 Å². The molecule has 0 atom stereocenters. The molecular formula is C11H9BrFNS2. The lowest BCUT2D eigenvalue weighted by Gasteiger charge is -2.04. The van der Waals surface area contributed by atoms with Crippen LogP contribution >= 0.6 is 39.0 Å². The van der Waals surface area contributed by atoms with Crippen LogP contribution < -0.4 is 5.73 Å². The first-order valence-electron chi connectivity index (χ1n) is 4.56. The van der Waals surface area contributed by atoms with Gasteiger partial charge in [-0.15, -0.1) is 23.1 Å². The first kappa shape index (κ1) is 12.0. The van der Waals surface area contributed by atoms with E-state index in [4.69, 9.17) is 5.73 Å². The molecular weight excluding hydrogens is 309 g/mol. The Labute approximate surface area is 110 Å². The fraction of sp³-hybridized carbons (Fsp3) is 0.0909. The quantitative estimate of drug-likeness (QED) is 0.665. The predicted molar refractivity (Wildman–Crippen MR) is 72.4 cm³/mol. The van der Waals surface area contributed by atoms with Crippen LogP contribution in [0, 0.1) is 5.82 Å². The molecule has 0 saturated heterocycles. The Balaban J connectivity index is 2.07. The lowest BCUT2D eigenvalue weighted by atomic mass is 10.3. The van der Waals surface area contributed by atoms with Crippen LogP contribution in [0.4, 0.5) is 10.1 Å². The van der Waals surface area contributed by atoms with Gasteiger partial charge in [0.05, 0.1) is 0 Å². The standard InChI is InChI=1S/C11H9BrFNS2/c12-7-3-9(15-5-7)6-16-11-4-8(13)1-2-10(11)14/h1-5H,6,14H2. The molecule has 0 fully saturated rings. The summed E-state index contributed by atoms with van der Waals surface area (Å²) in [5.41, 5.74) is 6.39. The first-order chi connectivity index (χ1) is 7.65. The summed E-state index contributed by atoms with van der Waals surface area (Å²) in [6, 6.07) is 6.51. The van der Waals surface area contributed by atoms with Crippen LogP contribution in [-0.4, -0.2) is 0 Å². The van der Waals surface area contributed by atoms with Gasteiger partial charge in [0.2, 0.25) is 0 Å². The van der Waals surface area contributed by atoms with E-state index in [2.05, 4.69) is 22.0 Å². The number of anilines is 1. The highest BCUT2D eigenvalue weighted by Crippen LogP contribution is 2.31. The van der Waals surface area contributed by atoms with Crippen molar-refractivity contribution in [2.45, 2.75) is 10.6 Å². The third-order valence-corrected chi connectivity index (χ3v) is 4.97. The van der Waals surface area contributed by atoms with Crippen molar-refractivity contribution in [1.29, 1.82) is 0 Å². The van der Waals surface area contributed by atoms with Crippen LogP contribution in [0.2, 0.25) is 0 Å². The van der Waals surface area contributed by atoms with Gasteiger partial charge in [-0.2, -0.15) is 0 Å². The van der Waals surface area contributed by atoms with Gasteiger partial charge in [-0.1, -0.05) is 0 Å². The van der Waals surface area contributed by atoms with E-state index in [0.717, 1.165) is 15.1 Å². The second-order valence-electron chi connectivity index (χ2n) is 3.20. The summed E-state index contributed by atoms with van der Waals surface area (Å²) in [4.78, 5) is 2.03. The second-order valence-corrected chi connectivity index (χ2v) is 6.13. The molecule has 84 valence electrons. The van der Waals surface area contributed by atoms with Gasteiger partial charge in [-0.25, -0.2) is 4.39 Å². The van der Waals surface area contributed by atoms with E-state index < -0.39 is 0 Å². The Kier molecular flexibility index (Phi) is 3.89. The van der Waals surface area contributed by atoms with Gasteiger partial charge in [0.1, 0.15) is 5.82 Å². The Morgan fingerprint density at radius 3 is 2.88 bits per heavy atom. The third-order valence-electron chi connectivity index (χ3n) is 1.97. The molecule has 1 heterocycles. The molecule has 0 aliphatic heterocycles. The van der Waals surface area contributed by atoms with E-state index in [-0.39, 0.29) is 5.82 Å². The Bertz CT molecular complexity index is 498.